The van der Waals surface area contributed by atoms with Gasteiger partial charge in [0, 0.05) is 29.4 Å². The summed E-state index contributed by atoms with van der Waals surface area (Å²) >= 11 is 9.83. The molecular formula is C14H15BrClNO. The number of anilines is 1. The monoisotopic (exact) mass is 327 g/mol. The van der Waals surface area contributed by atoms with Crippen LogP contribution < -0.4 is 4.90 Å². The van der Waals surface area contributed by atoms with Crippen LogP contribution in [0.4, 0.5) is 5.69 Å². The zero-order chi connectivity index (χ0) is 12.7. The van der Waals surface area contributed by atoms with Crippen molar-refractivity contribution in [3.8, 4) is 0 Å². The minimum absolute atomic E-state index is 0.344. The smallest absolute Gasteiger partial charge is 0.137 e. The third-order valence-corrected chi connectivity index (χ3v) is 4.79. The summed E-state index contributed by atoms with van der Waals surface area (Å²) in [6, 6.07) is 6.64. The molecule has 2 nitrogen and oxygen atoms in total. The lowest BCUT2D eigenvalue weighted by Gasteiger charge is -2.47. The molecule has 0 radical (unpaired) electrons. The maximum absolute atomic E-state index is 11.7. The Kier molecular flexibility index (Phi) is 3.37. The predicted octanol–water partition coefficient (Wildman–Crippen LogP) is 4.19. The van der Waals surface area contributed by atoms with E-state index >= 15 is 0 Å². The molecule has 0 saturated carbocycles. The van der Waals surface area contributed by atoms with Crippen LogP contribution in [0.2, 0.25) is 5.02 Å². The molecule has 1 aromatic carbocycles. The van der Waals surface area contributed by atoms with Crippen LogP contribution in [0.3, 0.4) is 0 Å². The molecule has 1 aromatic rings. The van der Waals surface area contributed by atoms with Crippen LogP contribution in [-0.4, -0.2) is 17.9 Å². The molecule has 2 fully saturated rings. The number of halogens is 2. The van der Waals surface area contributed by atoms with Crippen molar-refractivity contribution in [2.45, 2.75) is 44.2 Å². The van der Waals surface area contributed by atoms with Gasteiger partial charge in [-0.15, -0.1) is 0 Å². The Balaban J connectivity index is 2.00. The van der Waals surface area contributed by atoms with Gasteiger partial charge in [0.1, 0.15) is 5.78 Å². The van der Waals surface area contributed by atoms with E-state index in [2.05, 4.69) is 26.9 Å². The molecule has 2 saturated heterocycles. The van der Waals surface area contributed by atoms with Crippen LogP contribution in [-0.2, 0) is 4.79 Å². The van der Waals surface area contributed by atoms with Crippen molar-refractivity contribution in [2.24, 2.45) is 0 Å². The predicted molar refractivity (Wildman–Crippen MR) is 77.3 cm³/mol. The second-order valence-corrected chi connectivity index (χ2v) is 6.51. The highest BCUT2D eigenvalue weighted by molar-refractivity contribution is 9.10. The molecule has 0 amide bonds. The standard InChI is InChI=1S/C14H15BrClNO/c15-9-4-5-13(16)14(6-9)17-10-2-1-3-11(17)8-12(18)7-10/h4-6,10-11H,1-3,7-8H2. The minimum atomic E-state index is 0.344. The van der Waals surface area contributed by atoms with Crippen LogP contribution in [0.15, 0.2) is 22.7 Å². The van der Waals surface area contributed by atoms with Crippen molar-refractivity contribution in [3.63, 3.8) is 0 Å². The lowest BCUT2D eigenvalue weighted by molar-refractivity contribution is -0.121. The van der Waals surface area contributed by atoms with E-state index in [1.54, 1.807) is 0 Å². The number of Topliss-reactive ketones (excluding diaryl/α,β-unsaturated/α-hetero) is 1. The summed E-state index contributed by atoms with van der Waals surface area (Å²) in [5, 5.41) is 0.782. The van der Waals surface area contributed by atoms with Gasteiger partial charge in [-0.3, -0.25) is 4.79 Å². The normalized spacial score (nSPS) is 27.4. The van der Waals surface area contributed by atoms with Gasteiger partial charge in [0.15, 0.2) is 0 Å². The lowest BCUT2D eigenvalue weighted by Crippen LogP contribution is -2.52. The molecule has 0 N–H and O–H groups in total. The lowest BCUT2D eigenvalue weighted by atomic mass is 9.83. The number of hydrogen-bond acceptors (Lipinski definition) is 2. The largest absolute Gasteiger partial charge is 0.363 e. The zero-order valence-corrected chi connectivity index (χ0v) is 12.4. The quantitative estimate of drug-likeness (QED) is 0.770. The molecule has 0 aliphatic carbocycles. The molecular weight excluding hydrogens is 314 g/mol. The molecule has 96 valence electrons. The number of carbonyl (C=O) groups excluding carboxylic acids is 1. The van der Waals surface area contributed by atoms with Crippen molar-refractivity contribution in [3.05, 3.63) is 27.7 Å². The second kappa shape index (κ2) is 4.86. The Bertz CT molecular complexity index is 475. The molecule has 2 heterocycles. The first-order chi connectivity index (χ1) is 8.65. The first-order valence-electron chi connectivity index (χ1n) is 6.40. The molecule has 3 rings (SSSR count). The molecule has 0 spiro atoms. The highest BCUT2D eigenvalue weighted by atomic mass is 79.9. The van der Waals surface area contributed by atoms with E-state index in [1.807, 2.05) is 12.1 Å². The average molecular weight is 329 g/mol. The third-order valence-electron chi connectivity index (χ3n) is 3.97. The van der Waals surface area contributed by atoms with Gasteiger partial charge in [-0.25, -0.2) is 0 Å². The number of benzene rings is 1. The minimum Gasteiger partial charge on any atom is -0.363 e. The molecule has 0 aromatic heterocycles. The van der Waals surface area contributed by atoms with E-state index in [4.69, 9.17) is 11.6 Å². The molecule has 2 atom stereocenters. The number of piperidine rings is 2. The molecule has 2 aliphatic rings. The Hall–Kier alpha value is -0.540. The Morgan fingerprint density at radius 1 is 1.22 bits per heavy atom. The number of fused-ring (bicyclic) bond motifs is 2. The maximum atomic E-state index is 11.7. The number of ketones is 1. The van der Waals surface area contributed by atoms with Gasteiger partial charge in [0.2, 0.25) is 0 Å². The van der Waals surface area contributed by atoms with Gasteiger partial charge in [-0.05, 0) is 37.5 Å². The molecule has 4 heteroatoms. The van der Waals surface area contributed by atoms with Gasteiger partial charge in [0.25, 0.3) is 0 Å². The Labute approximate surface area is 120 Å². The van der Waals surface area contributed by atoms with E-state index < -0.39 is 0 Å². The zero-order valence-electron chi connectivity index (χ0n) is 10.0. The van der Waals surface area contributed by atoms with E-state index in [0.717, 1.165) is 28.0 Å². The fourth-order valence-electron chi connectivity index (χ4n) is 3.25. The summed E-state index contributed by atoms with van der Waals surface area (Å²) in [7, 11) is 0. The summed E-state index contributed by atoms with van der Waals surface area (Å²) in [6.45, 7) is 0. The number of hydrogen-bond donors (Lipinski definition) is 0. The van der Waals surface area contributed by atoms with Crippen molar-refractivity contribution in [1.82, 2.24) is 0 Å². The van der Waals surface area contributed by atoms with Crippen molar-refractivity contribution < 1.29 is 4.79 Å². The summed E-state index contributed by atoms with van der Waals surface area (Å²) in [5.74, 6) is 0.409. The summed E-state index contributed by atoms with van der Waals surface area (Å²) in [5.41, 5.74) is 1.08. The fraction of sp³-hybridized carbons (Fsp3) is 0.500. The molecule has 2 unspecified atom stereocenters. The topological polar surface area (TPSA) is 20.3 Å². The molecule has 2 bridgehead atoms. The Morgan fingerprint density at radius 3 is 2.56 bits per heavy atom. The van der Waals surface area contributed by atoms with Crippen LogP contribution in [0.1, 0.15) is 32.1 Å². The summed E-state index contributed by atoms with van der Waals surface area (Å²) in [4.78, 5) is 14.1. The van der Waals surface area contributed by atoms with Crippen molar-refractivity contribution in [2.75, 3.05) is 4.90 Å². The van der Waals surface area contributed by atoms with Crippen LogP contribution in [0, 0.1) is 0 Å². The highest BCUT2D eigenvalue weighted by Gasteiger charge is 2.38. The number of nitrogens with zero attached hydrogens (tertiary/aromatic N) is 1. The van der Waals surface area contributed by atoms with Crippen LogP contribution >= 0.6 is 27.5 Å². The summed E-state index contributed by atoms with van der Waals surface area (Å²) in [6.07, 6.45) is 4.79. The number of carbonyl (C=O) groups is 1. The molecule has 18 heavy (non-hydrogen) atoms. The second-order valence-electron chi connectivity index (χ2n) is 5.19. The highest BCUT2D eigenvalue weighted by Crippen LogP contribution is 2.40. The van der Waals surface area contributed by atoms with Gasteiger partial charge >= 0.3 is 0 Å². The van der Waals surface area contributed by atoms with Gasteiger partial charge in [-0.2, -0.15) is 0 Å². The van der Waals surface area contributed by atoms with Gasteiger partial charge in [0.05, 0.1) is 10.7 Å². The average Bonchev–Trinajstić information content (AvgIpc) is 2.31. The van der Waals surface area contributed by atoms with E-state index in [-0.39, 0.29) is 0 Å². The molecule has 2 aliphatic heterocycles. The van der Waals surface area contributed by atoms with Crippen molar-refractivity contribution >= 4 is 39.0 Å². The van der Waals surface area contributed by atoms with E-state index in [1.165, 1.54) is 6.42 Å². The first-order valence-corrected chi connectivity index (χ1v) is 7.57. The van der Waals surface area contributed by atoms with E-state index in [9.17, 15) is 4.79 Å². The van der Waals surface area contributed by atoms with Crippen LogP contribution in [0.25, 0.3) is 0 Å². The maximum Gasteiger partial charge on any atom is 0.137 e. The van der Waals surface area contributed by atoms with Crippen LogP contribution in [0.5, 0.6) is 0 Å². The Morgan fingerprint density at radius 2 is 1.89 bits per heavy atom. The first kappa shape index (κ1) is 12.5. The van der Waals surface area contributed by atoms with E-state index in [0.29, 0.717) is 30.7 Å². The fourth-order valence-corrected chi connectivity index (χ4v) is 3.82. The number of rotatable bonds is 1. The third kappa shape index (κ3) is 2.19. The SMILES string of the molecule is O=C1CC2CCCC(C1)N2c1cc(Br)ccc1Cl. The van der Waals surface area contributed by atoms with Gasteiger partial charge in [-0.1, -0.05) is 27.5 Å². The van der Waals surface area contributed by atoms with Gasteiger partial charge < -0.3 is 4.90 Å². The van der Waals surface area contributed by atoms with Crippen molar-refractivity contribution in [1.29, 1.82) is 0 Å². The summed E-state index contributed by atoms with van der Waals surface area (Å²) < 4.78 is 1.04.